The molecular formula is C58H54N16O8. The SMILES string of the molecule is O=C(O)[C@H](Cc1c[nH]c2ccccc12)Nc1nc(NCc2cccc(CNc3nc(N[C@@H](Cc4c[nH]c5ccccc45)C(=O)O)nc(N[C@@H](Cc4c[nH]c5ccccc45)C(=O)O)n3)c2)nc(N[C@@H](Cc2c[nH]c3ccccc23)C(=O)O)n1. The molecule has 11 aromatic rings. The van der Waals surface area contributed by atoms with Gasteiger partial charge in [-0.1, -0.05) is 97.1 Å². The molecular weight excluding hydrogens is 1050 g/mol. The first-order valence-corrected chi connectivity index (χ1v) is 26.1. The van der Waals surface area contributed by atoms with Crippen molar-refractivity contribution in [2.45, 2.75) is 62.9 Å². The molecule has 0 saturated heterocycles. The first-order chi connectivity index (χ1) is 39.8. The van der Waals surface area contributed by atoms with E-state index in [9.17, 15) is 39.6 Å². The molecule has 0 unspecified atom stereocenters. The third-order valence-electron chi connectivity index (χ3n) is 14.0. The van der Waals surface area contributed by atoms with E-state index < -0.39 is 48.0 Å². The van der Waals surface area contributed by atoms with Crippen LogP contribution in [0, 0.1) is 0 Å². The lowest BCUT2D eigenvalue weighted by Gasteiger charge is -2.18. The lowest BCUT2D eigenvalue weighted by Crippen LogP contribution is -2.34. The first kappa shape index (κ1) is 53.0. The van der Waals surface area contributed by atoms with Gasteiger partial charge in [0.15, 0.2) is 0 Å². The summed E-state index contributed by atoms with van der Waals surface area (Å²) in [6.45, 7) is 0.278. The van der Waals surface area contributed by atoms with Gasteiger partial charge < -0.3 is 72.3 Å². The second-order valence-corrected chi connectivity index (χ2v) is 19.5. The number of carboxylic acid groups (broad SMARTS) is 4. The number of aromatic amines is 4. The van der Waals surface area contributed by atoms with E-state index in [0.29, 0.717) is 0 Å². The summed E-state index contributed by atoms with van der Waals surface area (Å²) in [5.41, 5.74) is 7.87. The summed E-state index contributed by atoms with van der Waals surface area (Å²) in [5.74, 6) is -5.15. The number of benzene rings is 5. The molecule has 82 heavy (non-hydrogen) atoms. The highest BCUT2D eigenvalue weighted by Crippen LogP contribution is 2.26. The smallest absolute Gasteiger partial charge is 0.326 e. The molecule has 0 amide bonds. The third kappa shape index (κ3) is 12.3. The van der Waals surface area contributed by atoms with Crippen molar-refractivity contribution in [1.82, 2.24) is 49.8 Å². The average Bonchev–Trinajstić information content (AvgIpc) is 4.33. The first-order valence-electron chi connectivity index (χ1n) is 26.1. The molecule has 414 valence electrons. The number of carbonyl (C=O) groups is 4. The Bertz CT molecular complexity index is 3650. The van der Waals surface area contributed by atoms with Crippen LogP contribution < -0.4 is 31.9 Å². The number of anilines is 6. The topological polar surface area (TPSA) is 362 Å². The maximum atomic E-state index is 12.8. The van der Waals surface area contributed by atoms with Crippen LogP contribution in [0.15, 0.2) is 146 Å². The Morgan fingerprint density at radius 3 is 0.878 bits per heavy atom. The Labute approximate surface area is 465 Å². The van der Waals surface area contributed by atoms with Crippen LogP contribution >= 0.6 is 0 Å². The Kier molecular flexibility index (Phi) is 15.2. The van der Waals surface area contributed by atoms with E-state index in [-0.39, 0.29) is 74.5 Å². The molecule has 0 bridgehead atoms. The van der Waals surface area contributed by atoms with Crippen molar-refractivity contribution >= 4 is 103 Å². The van der Waals surface area contributed by atoms with Crippen LogP contribution in [0.1, 0.15) is 33.4 Å². The quantitative estimate of drug-likeness (QED) is 0.0248. The highest BCUT2D eigenvalue weighted by molar-refractivity contribution is 5.88. The largest absolute Gasteiger partial charge is 0.480 e. The van der Waals surface area contributed by atoms with E-state index >= 15 is 0 Å². The summed E-state index contributed by atoms with van der Waals surface area (Å²) in [7, 11) is 0. The van der Waals surface area contributed by atoms with Crippen LogP contribution in [0.25, 0.3) is 43.6 Å². The fraction of sp³-hybridized carbons (Fsp3) is 0.172. The molecule has 0 radical (unpaired) electrons. The number of para-hydroxylation sites is 4. The summed E-state index contributed by atoms with van der Waals surface area (Å²) in [6, 6.07) is 32.7. The van der Waals surface area contributed by atoms with Crippen molar-refractivity contribution in [2.24, 2.45) is 0 Å². The van der Waals surface area contributed by atoms with Crippen LogP contribution in [-0.4, -0.2) is 118 Å². The highest BCUT2D eigenvalue weighted by Gasteiger charge is 2.27. The van der Waals surface area contributed by atoms with Crippen molar-refractivity contribution < 1.29 is 39.6 Å². The molecule has 0 aliphatic carbocycles. The van der Waals surface area contributed by atoms with Gasteiger partial charge in [0, 0.05) is 107 Å². The van der Waals surface area contributed by atoms with Gasteiger partial charge in [-0.15, -0.1) is 0 Å². The summed E-state index contributed by atoms with van der Waals surface area (Å²) < 4.78 is 0. The maximum Gasteiger partial charge on any atom is 0.326 e. The van der Waals surface area contributed by atoms with Crippen molar-refractivity contribution in [3.8, 4) is 0 Å². The predicted octanol–water partition coefficient (Wildman–Crippen LogP) is 7.64. The van der Waals surface area contributed by atoms with Gasteiger partial charge >= 0.3 is 23.9 Å². The van der Waals surface area contributed by atoms with Gasteiger partial charge in [-0.3, -0.25) is 0 Å². The van der Waals surface area contributed by atoms with E-state index in [1.165, 1.54) is 0 Å². The van der Waals surface area contributed by atoms with E-state index in [1.54, 1.807) is 24.8 Å². The zero-order chi connectivity index (χ0) is 56.7. The van der Waals surface area contributed by atoms with Gasteiger partial charge in [0.2, 0.25) is 35.7 Å². The van der Waals surface area contributed by atoms with E-state index in [4.69, 9.17) is 0 Å². The number of fused-ring (bicyclic) bond motifs is 4. The number of rotatable bonds is 26. The fourth-order valence-corrected chi connectivity index (χ4v) is 9.89. The Balaban J connectivity index is 0.835. The molecule has 5 aromatic carbocycles. The van der Waals surface area contributed by atoms with Crippen LogP contribution in [0.5, 0.6) is 0 Å². The van der Waals surface area contributed by atoms with Gasteiger partial charge in [0.05, 0.1) is 0 Å². The number of hydrogen-bond acceptors (Lipinski definition) is 16. The number of nitrogens with zero attached hydrogens (tertiary/aromatic N) is 6. The molecule has 11 rings (SSSR count). The number of nitrogens with one attached hydrogen (secondary N) is 10. The van der Waals surface area contributed by atoms with Gasteiger partial charge in [-0.05, 0) is 57.6 Å². The molecule has 24 heteroatoms. The predicted molar refractivity (Wildman–Crippen MR) is 309 cm³/mol. The lowest BCUT2D eigenvalue weighted by molar-refractivity contribution is -0.138. The van der Waals surface area contributed by atoms with Crippen molar-refractivity contribution in [2.75, 3.05) is 31.9 Å². The second-order valence-electron chi connectivity index (χ2n) is 19.5. The zero-order valence-corrected chi connectivity index (χ0v) is 43.5. The molecule has 0 spiro atoms. The standard InChI is InChI=1S/C58H54N16O8/c75-49(76)45(21-33-27-59-41-16-5-1-12-37(33)41)65-55-69-53(70-56(73-55)66-46(50(77)78)22-34-28-60-42-17-6-2-13-38(34)42)63-25-31-10-9-11-32(20-31)26-64-54-71-57(67-47(51(79)80)23-35-29-61-43-18-7-3-14-39(35)43)74-58(72-54)68-48(52(81)82)24-36-30-62-44-19-8-4-15-40(36)44/h1-20,27-30,45-48,59-62H,21-26H2,(H,75,76)(H,77,78)(H,79,80)(H,81,82)(H3,63,65,66,69,70,73)(H3,64,67,68,71,72,74)/t45-,46-,47-,48-/m0/s1. The summed E-state index contributed by atoms with van der Waals surface area (Å²) in [6.07, 6.45) is 7.24. The van der Waals surface area contributed by atoms with Crippen LogP contribution in [-0.2, 0) is 58.0 Å². The molecule has 0 aliphatic heterocycles. The third-order valence-corrected chi connectivity index (χ3v) is 14.0. The molecule has 14 N–H and O–H groups in total. The van der Waals surface area contributed by atoms with E-state index in [1.807, 2.05) is 121 Å². The van der Waals surface area contributed by atoms with Crippen molar-refractivity contribution in [3.05, 3.63) is 179 Å². The molecule has 0 fully saturated rings. The van der Waals surface area contributed by atoms with Crippen LogP contribution in [0.3, 0.4) is 0 Å². The Hall–Kier alpha value is -11.0. The van der Waals surface area contributed by atoms with E-state index in [0.717, 1.165) is 77.0 Å². The molecule has 0 aliphatic rings. The summed E-state index contributed by atoms with van der Waals surface area (Å²) >= 11 is 0. The molecule has 6 heterocycles. The molecule has 24 nitrogen and oxygen atoms in total. The normalized spacial score (nSPS) is 12.9. The van der Waals surface area contributed by atoms with Gasteiger partial charge in [0.25, 0.3) is 0 Å². The number of hydrogen-bond donors (Lipinski definition) is 14. The fourth-order valence-electron chi connectivity index (χ4n) is 9.89. The summed E-state index contributed by atoms with van der Waals surface area (Å²) in [4.78, 5) is 91.0. The Morgan fingerprint density at radius 2 is 0.610 bits per heavy atom. The number of H-pyrrole nitrogens is 4. The van der Waals surface area contributed by atoms with E-state index in [2.05, 4.69) is 81.7 Å². The second kappa shape index (κ2) is 23.5. The minimum absolute atomic E-state index is 0.00922. The van der Waals surface area contributed by atoms with Crippen LogP contribution in [0.4, 0.5) is 35.7 Å². The van der Waals surface area contributed by atoms with Crippen LogP contribution in [0.2, 0.25) is 0 Å². The van der Waals surface area contributed by atoms with Crippen molar-refractivity contribution in [1.29, 1.82) is 0 Å². The van der Waals surface area contributed by atoms with Gasteiger partial charge in [-0.2, -0.15) is 29.9 Å². The number of aliphatic carboxylic acids is 4. The molecule has 0 saturated carbocycles. The highest BCUT2D eigenvalue weighted by atomic mass is 16.4. The summed E-state index contributed by atoms with van der Waals surface area (Å²) in [5, 5.41) is 63.4. The minimum atomic E-state index is -1.20. The molecule has 4 atom stereocenters. The minimum Gasteiger partial charge on any atom is -0.480 e. The number of carboxylic acids is 4. The lowest BCUT2D eigenvalue weighted by atomic mass is 10.1. The van der Waals surface area contributed by atoms with Crippen molar-refractivity contribution in [3.63, 3.8) is 0 Å². The Morgan fingerprint density at radius 1 is 0.354 bits per heavy atom. The zero-order valence-electron chi connectivity index (χ0n) is 43.5. The number of aromatic nitrogens is 10. The van der Waals surface area contributed by atoms with Gasteiger partial charge in [-0.25, -0.2) is 19.2 Å². The maximum absolute atomic E-state index is 12.8. The monoisotopic (exact) mass is 1100 g/mol. The molecule has 6 aromatic heterocycles. The van der Waals surface area contributed by atoms with Gasteiger partial charge in [0.1, 0.15) is 24.2 Å². The average molecular weight is 1100 g/mol.